The van der Waals surface area contributed by atoms with Crippen molar-refractivity contribution >= 4 is 34.4 Å². The molecule has 0 heterocycles. The van der Waals surface area contributed by atoms with E-state index in [1.165, 1.54) is 37.9 Å². The predicted octanol–water partition coefficient (Wildman–Crippen LogP) is 5.76. The lowest BCUT2D eigenvalue weighted by atomic mass is 10.0. The van der Waals surface area contributed by atoms with Gasteiger partial charge in [0.1, 0.15) is 6.42 Å². The van der Waals surface area contributed by atoms with Crippen LogP contribution in [0.3, 0.4) is 0 Å². The molecule has 0 aliphatic carbocycles. The van der Waals surface area contributed by atoms with Crippen LogP contribution in [0.2, 0.25) is 0 Å². The Morgan fingerprint density at radius 2 is 1.45 bits per heavy atom. The largest absolute Gasteiger partial charge is 0.479 e. The number of rotatable bonds is 21. The first-order valence-electron chi connectivity index (χ1n) is 16.6. The van der Waals surface area contributed by atoms with E-state index in [1.807, 2.05) is 12.1 Å². The summed E-state index contributed by atoms with van der Waals surface area (Å²) in [7, 11) is 0. The van der Waals surface area contributed by atoms with Crippen molar-refractivity contribution in [2.45, 2.75) is 90.8 Å². The first kappa shape index (κ1) is 37.4. The zero-order valence-corrected chi connectivity index (χ0v) is 27.9. The van der Waals surface area contributed by atoms with Crippen molar-refractivity contribution < 1.29 is 38.9 Å². The monoisotopic (exact) mass is 647 g/mol. The number of aliphatic hydroxyl groups is 1. The smallest absolute Gasteiger partial charge is 0.335 e. The third-order valence-electron chi connectivity index (χ3n) is 8.29. The quantitative estimate of drug-likeness (QED) is 0.0848. The van der Waals surface area contributed by atoms with Crippen molar-refractivity contribution in [3.63, 3.8) is 0 Å². The highest BCUT2D eigenvalue weighted by atomic mass is 16.5. The van der Waals surface area contributed by atoms with E-state index >= 15 is 0 Å². The van der Waals surface area contributed by atoms with Crippen LogP contribution in [0, 0.1) is 13.8 Å². The van der Waals surface area contributed by atoms with E-state index in [0.29, 0.717) is 12.8 Å². The first-order valence-corrected chi connectivity index (χ1v) is 16.6. The highest BCUT2D eigenvalue weighted by Gasteiger charge is 2.36. The molecule has 3 rings (SSSR count). The number of fused-ring (bicyclic) bond motifs is 1. The second-order valence-corrected chi connectivity index (χ2v) is 12.1. The lowest BCUT2D eigenvalue weighted by molar-refractivity contribution is -0.167. The number of carboxylic acids is 1. The number of nitrogens with zero attached hydrogens (tertiary/aromatic N) is 1. The molecule has 2 N–H and O–H groups in total. The molecule has 254 valence electrons. The summed E-state index contributed by atoms with van der Waals surface area (Å²) >= 11 is 0. The van der Waals surface area contributed by atoms with Crippen LogP contribution >= 0.6 is 0 Å². The van der Waals surface area contributed by atoms with Gasteiger partial charge >= 0.3 is 11.9 Å². The van der Waals surface area contributed by atoms with Crippen LogP contribution in [0.4, 0.5) is 0 Å². The van der Waals surface area contributed by atoms with Crippen molar-refractivity contribution in [3.8, 4) is 0 Å². The minimum Gasteiger partial charge on any atom is -0.479 e. The van der Waals surface area contributed by atoms with Gasteiger partial charge in [-0.05, 0) is 92.3 Å². The van der Waals surface area contributed by atoms with E-state index in [2.05, 4.69) is 62.4 Å². The molecule has 0 unspecified atom stereocenters. The number of carbonyl (C=O) groups excluding carboxylic acids is 3. The number of amides is 1. The number of ketones is 1. The van der Waals surface area contributed by atoms with Gasteiger partial charge in [-0.3, -0.25) is 14.4 Å². The molecule has 0 aromatic heterocycles. The summed E-state index contributed by atoms with van der Waals surface area (Å²) in [5.41, 5.74) is 4.93. The Morgan fingerprint density at radius 1 is 0.787 bits per heavy atom. The van der Waals surface area contributed by atoms with Gasteiger partial charge in [0.2, 0.25) is 0 Å². The number of unbranched alkanes of at least 4 members (excludes halogenated alkanes) is 4. The normalized spacial score (nSPS) is 12.4. The number of aliphatic hydroxyl groups excluding tert-OH is 1. The van der Waals surface area contributed by atoms with Crippen LogP contribution < -0.4 is 0 Å². The van der Waals surface area contributed by atoms with Gasteiger partial charge in [-0.1, -0.05) is 73.5 Å². The van der Waals surface area contributed by atoms with Gasteiger partial charge in [0, 0.05) is 13.2 Å². The van der Waals surface area contributed by atoms with Gasteiger partial charge < -0.3 is 24.6 Å². The molecule has 0 radical (unpaired) electrons. The summed E-state index contributed by atoms with van der Waals surface area (Å²) in [6.45, 7) is 5.72. The Labute approximate surface area is 277 Å². The average Bonchev–Trinajstić information content (AvgIpc) is 3.04. The molecule has 1 amide bonds. The van der Waals surface area contributed by atoms with E-state index in [4.69, 9.17) is 9.47 Å². The van der Waals surface area contributed by atoms with Gasteiger partial charge in [-0.2, -0.15) is 0 Å². The number of carboxylic acid groups (broad SMARTS) is 1. The molecule has 0 fully saturated rings. The number of carbonyl (C=O) groups is 4. The average molecular weight is 648 g/mol. The standard InChI is InChI=1S/C38H49NO8/c1-4-46-34(41)25-33(40)26-39(21-11-5-7-14-30-19-20-31-15-9-10-16-32(31)24-30)37(43)36(35(42)38(44)45)47-22-12-6-8-13-29-18-17-27(2)28(3)23-29/h9-10,15-20,23-24,35-36,42H,4-8,11-14,21-22,25-26H2,1-3H3,(H,44,45)/t35-,36-/m1/s1. The maximum Gasteiger partial charge on any atom is 0.335 e. The lowest BCUT2D eigenvalue weighted by Crippen LogP contribution is -2.51. The SMILES string of the molecule is CCOC(=O)CC(=O)CN(CCCCCc1ccc2ccccc2c1)C(=O)[C@H](OCCCCCc1ccc(C)c(C)c1)[C@@H](O)C(=O)O. The van der Waals surface area contributed by atoms with Gasteiger partial charge in [-0.15, -0.1) is 0 Å². The molecule has 0 aliphatic rings. The third-order valence-corrected chi connectivity index (χ3v) is 8.29. The third kappa shape index (κ3) is 12.6. The molecule has 0 bridgehead atoms. The van der Waals surface area contributed by atoms with Crippen LogP contribution in [-0.2, 0) is 41.5 Å². The highest BCUT2D eigenvalue weighted by molar-refractivity contribution is 5.98. The number of ether oxygens (including phenoxy) is 2. The number of esters is 1. The Kier molecular flexibility index (Phi) is 15.5. The number of aliphatic carboxylic acids is 1. The molecule has 0 saturated carbocycles. The van der Waals surface area contributed by atoms with Crippen molar-refractivity contribution in [2.75, 3.05) is 26.3 Å². The van der Waals surface area contributed by atoms with Crippen LogP contribution in [0.5, 0.6) is 0 Å². The summed E-state index contributed by atoms with van der Waals surface area (Å²) in [5.74, 6) is -3.62. The Hall–Kier alpha value is -4.08. The molecule has 0 saturated heterocycles. The van der Waals surface area contributed by atoms with E-state index in [9.17, 15) is 29.4 Å². The maximum absolute atomic E-state index is 13.6. The second-order valence-electron chi connectivity index (χ2n) is 12.1. The molecule has 9 heteroatoms. The van der Waals surface area contributed by atoms with E-state index in [0.717, 1.165) is 38.5 Å². The number of hydrogen-bond acceptors (Lipinski definition) is 7. The molecular formula is C38H49NO8. The molecular weight excluding hydrogens is 598 g/mol. The molecule has 9 nitrogen and oxygen atoms in total. The highest BCUT2D eigenvalue weighted by Crippen LogP contribution is 2.18. The summed E-state index contributed by atoms with van der Waals surface area (Å²) in [4.78, 5) is 51.2. The molecule has 0 spiro atoms. The zero-order chi connectivity index (χ0) is 34.2. The van der Waals surface area contributed by atoms with Crippen molar-refractivity contribution in [1.29, 1.82) is 0 Å². The summed E-state index contributed by atoms with van der Waals surface area (Å²) < 4.78 is 10.6. The van der Waals surface area contributed by atoms with E-state index < -0.39 is 48.8 Å². The Morgan fingerprint density at radius 3 is 2.13 bits per heavy atom. The number of Topliss-reactive ketones (excluding diaryl/α,β-unsaturated/α-hetero) is 1. The summed E-state index contributed by atoms with van der Waals surface area (Å²) in [6.07, 6.45) is 1.81. The summed E-state index contributed by atoms with van der Waals surface area (Å²) in [6, 6.07) is 20.9. The number of hydrogen-bond donors (Lipinski definition) is 2. The van der Waals surface area contributed by atoms with Crippen LogP contribution in [0.25, 0.3) is 10.8 Å². The van der Waals surface area contributed by atoms with Crippen LogP contribution in [0.15, 0.2) is 60.7 Å². The van der Waals surface area contributed by atoms with Gasteiger partial charge in [-0.25, -0.2) is 4.79 Å². The second kappa shape index (κ2) is 19.6. The van der Waals surface area contributed by atoms with Crippen molar-refractivity contribution in [1.82, 2.24) is 4.90 Å². The summed E-state index contributed by atoms with van der Waals surface area (Å²) in [5, 5.41) is 22.3. The number of benzene rings is 3. The van der Waals surface area contributed by atoms with Gasteiger partial charge in [0.05, 0.1) is 13.2 Å². The van der Waals surface area contributed by atoms with Crippen molar-refractivity contribution in [3.05, 3.63) is 82.9 Å². The zero-order valence-electron chi connectivity index (χ0n) is 27.9. The fraction of sp³-hybridized carbons (Fsp3) is 0.474. The van der Waals surface area contributed by atoms with Crippen LogP contribution in [-0.4, -0.2) is 77.3 Å². The molecule has 3 aromatic rings. The number of aryl methyl sites for hydroxylation is 4. The van der Waals surface area contributed by atoms with E-state index in [-0.39, 0.29) is 19.8 Å². The minimum atomic E-state index is -2.10. The maximum atomic E-state index is 13.6. The van der Waals surface area contributed by atoms with Crippen molar-refractivity contribution in [2.24, 2.45) is 0 Å². The fourth-order valence-electron chi connectivity index (χ4n) is 5.50. The van der Waals surface area contributed by atoms with Gasteiger partial charge in [0.15, 0.2) is 18.0 Å². The molecule has 3 aromatic carbocycles. The Balaban J connectivity index is 1.57. The Bertz CT molecular complexity index is 1490. The minimum absolute atomic E-state index is 0.0735. The molecule has 2 atom stereocenters. The molecule has 47 heavy (non-hydrogen) atoms. The van der Waals surface area contributed by atoms with Gasteiger partial charge in [0.25, 0.3) is 5.91 Å². The van der Waals surface area contributed by atoms with E-state index in [1.54, 1.807) is 6.92 Å². The van der Waals surface area contributed by atoms with Crippen LogP contribution in [0.1, 0.15) is 74.1 Å². The first-order chi connectivity index (χ1) is 22.6. The molecule has 0 aliphatic heterocycles. The topological polar surface area (TPSA) is 130 Å². The predicted molar refractivity (Wildman–Crippen MR) is 181 cm³/mol. The fourth-order valence-corrected chi connectivity index (χ4v) is 5.50. The lowest BCUT2D eigenvalue weighted by Gasteiger charge is -2.28.